The van der Waals surface area contributed by atoms with Crippen molar-refractivity contribution < 1.29 is 19.1 Å². The van der Waals surface area contributed by atoms with E-state index in [-0.39, 0.29) is 39.1 Å². The minimum Gasteiger partial charge on any atom is -0.504 e. The zero-order chi connectivity index (χ0) is 18.7. The van der Waals surface area contributed by atoms with Crippen molar-refractivity contribution in [2.75, 3.05) is 24.7 Å². The number of nitrogens with one attached hydrogen (secondary N) is 3. The van der Waals surface area contributed by atoms with Gasteiger partial charge in [0.25, 0.3) is 11.7 Å². The maximum absolute atomic E-state index is 12.1. The fourth-order valence-electron chi connectivity index (χ4n) is 2.32. The highest BCUT2D eigenvalue weighted by Crippen LogP contribution is 2.32. The molecule has 2 aromatic carbocycles. The fraction of sp³-hybridized carbons (Fsp3) is 0.118. The van der Waals surface area contributed by atoms with Crippen LogP contribution in [0.3, 0.4) is 0 Å². The third-order valence-electron chi connectivity index (χ3n) is 3.62. The Kier molecular flexibility index (Phi) is 4.61. The van der Waals surface area contributed by atoms with Gasteiger partial charge in [-0.15, -0.1) is 4.63 Å². The van der Waals surface area contributed by atoms with Gasteiger partial charge in [-0.05, 0) is 29.2 Å². The van der Waals surface area contributed by atoms with Crippen LogP contribution >= 0.6 is 0 Å². The number of hydrogen-bond acceptors (Lipinski definition) is 6. The number of carbonyl (C=O) groups excluding carboxylic acids is 1. The van der Waals surface area contributed by atoms with Crippen molar-refractivity contribution in [1.82, 2.24) is 10.1 Å². The third-order valence-corrected chi connectivity index (χ3v) is 3.62. The number of carbonyl (C=O) groups is 1. The number of H-pyrrole nitrogens is 1. The quantitative estimate of drug-likeness (QED) is 0.522. The van der Waals surface area contributed by atoms with Crippen molar-refractivity contribution >= 4 is 28.9 Å². The van der Waals surface area contributed by atoms with Crippen molar-refractivity contribution in [3.05, 3.63) is 59.0 Å². The summed E-state index contributed by atoms with van der Waals surface area (Å²) >= 11 is 0. The number of nitrogens with zero attached hydrogens (tertiary/aromatic N) is 2. The second kappa shape index (κ2) is 7.01. The number of aromatic hydroxyl groups is 1. The molecule has 134 valence electrons. The SMILES string of the molecule is CN(C)C(=O)c1cccc(Nc2c(Nc3ccccc3)[nH]o[n+]2=O)c1O. The smallest absolute Gasteiger partial charge is 0.371 e. The molecule has 0 saturated heterocycles. The Bertz CT molecular complexity index is 978. The van der Waals surface area contributed by atoms with Crippen LogP contribution in [0.2, 0.25) is 0 Å². The third kappa shape index (κ3) is 3.36. The molecule has 9 nitrogen and oxygen atoms in total. The Morgan fingerprint density at radius 2 is 1.85 bits per heavy atom. The number of para-hydroxylation sites is 2. The Morgan fingerprint density at radius 1 is 1.12 bits per heavy atom. The second-order valence-electron chi connectivity index (χ2n) is 5.69. The highest BCUT2D eigenvalue weighted by atomic mass is 16.7. The topological polar surface area (TPSA) is 117 Å². The Hall–Kier alpha value is -3.75. The molecule has 0 fully saturated rings. The summed E-state index contributed by atoms with van der Waals surface area (Å²) in [5.41, 5.74) is 1.03. The van der Waals surface area contributed by atoms with Gasteiger partial charge in [0, 0.05) is 19.8 Å². The Labute approximate surface area is 148 Å². The molecule has 0 spiro atoms. The van der Waals surface area contributed by atoms with Crippen LogP contribution in [-0.4, -0.2) is 35.2 Å². The van der Waals surface area contributed by atoms with Crippen molar-refractivity contribution in [2.45, 2.75) is 0 Å². The van der Waals surface area contributed by atoms with Crippen LogP contribution in [0.5, 0.6) is 5.75 Å². The standard InChI is InChI=1S/C17H17N5O4/c1-21(2)17(24)12-9-6-10-13(14(12)23)19-16-15(20-26-22(16)25)18-11-7-4-3-5-8-11/h3-10,19H,1-2H3,(H2-,18,20,23,24,25)/p+1. The van der Waals surface area contributed by atoms with E-state index < -0.39 is 0 Å². The van der Waals surface area contributed by atoms with Gasteiger partial charge in [0.1, 0.15) is 5.69 Å². The number of anilines is 4. The van der Waals surface area contributed by atoms with Gasteiger partial charge in [-0.1, -0.05) is 29.4 Å². The van der Waals surface area contributed by atoms with Gasteiger partial charge in [0.05, 0.1) is 5.56 Å². The molecule has 1 aromatic heterocycles. The van der Waals surface area contributed by atoms with Gasteiger partial charge < -0.3 is 15.3 Å². The molecular formula is C17H18N5O4+. The van der Waals surface area contributed by atoms with Gasteiger partial charge in [-0.2, -0.15) is 0 Å². The summed E-state index contributed by atoms with van der Waals surface area (Å²) in [5.74, 6) is -0.367. The van der Waals surface area contributed by atoms with Gasteiger partial charge in [0.2, 0.25) is 0 Å². The molecule has 1 amide bonds. The number of hydrogen-bond donors (Lipinski definition) is 4. The molecule has 0 unspecified atom stereocenters. The first-order valence-corrected chi connectivity index (χ1v) is 7.74. The van der Waals surface area contributed by atoms with Gasteiger partial charge >= 0.3 is 5.82 Å². The van der Waals surface area contributed by atoms with Crippen LogP contribution in [0, 0.1) is 4.91 Å². The van der Waals surface area contributed by atoms with E-state index in [4.69, 9.17) is 4.63 Å². The zero-order valence-corrected chi connectivity index (χ0v) is 14.2. The van der Waals surface area contributed by atoms with Crippen LogP contribution in [0.15, 0.2) is 53.2 Å². The van der Waals surface area contributed by atoms with Gasteiger partial charge in [-0.25, -0.2) is 0 Å². The van der Waals surface area contributed by atoms with Crippen molar-refractivity contribution in [2.24, 2.45) is 0 Å². The first-order valence-electron chi connectivity index (χ1n) is 7.74. The Balaban J connectivity index is 1.93. The minimum absolute atomic E-state index is 0.00129. The summed E-state index contributed by atoms with van der Waals surface area (Å²) in [5, 5.41) is 18.6. The summed E-state index contributed by atoms with van der Waals surface area (Å²) < 4.78 is 4.98. The lowest BCUT2D eigenvalue weighted by atomic mass is 10.1. The number of aromatic amines is 1. The van der Waals surface area contributed by atoms with Crippen LogP contribution < -0.4 is 15.2 Å². The second-order valence-corrected chi connectivity index (χ2v) is 5.69. The van der Waals surface area contributed by atoms with Crippen molar-refractivity contribution in [1.29, 1.82) is 0 Å². The predicted octanol–water partition coefficient (Wildman–Crippen LogP) is 2.42. The van der Waals surface area contributed by atoms with Crippen molar-refractivity contribution in [3.8, 4) is 5.75 Å². The van der Waals surface area contributed by atoms with Crippen LogP contribution in [0.1, 0.15) is 10.4 Å². The average Bonchev–Trinajstić information content (AvgIpc) is 2.97. The molecule has 4 N–H and O–H groups in total. The lowest BCUT2D eigenvalue weighted by Gasteiger charge is -2.12. The van der Waals surface area contributed by atoms with Crippen molar-refractivity contribution in [3.63, 3.8) is 0 Å². The summed E-state index contributed by atoms with van der Waals surface area (Å²) in [6, 6.07) is 13.8. The maximum Gasteiger partial charge on any atom is 0.371 e. The van der Waals surface area contributed by atoms with E-state index in [0.29, 0.717) is 0 Å². The molecule has 1 heterocycles. The fourth-order valence-corrected chi connectivity index (χ4v) is 2.32. The van der Waals surface area contributed by atoms with Crippen LogP contribution in [0.4, 0.5) is 23.0 Å². The summed E-state index contributed by atoms with van der Waals surface area (Å²) in [6.07, 6.45) is 0. The monoisotopic (exact) mass is 356 g/mol. The Morgan fingerprint density at radius 3 is 2.54 bits per heavy atom. The molecule has 9 heteroatoms. The molecule has 0 radical (unpaired) electrons. The summed E-state index contributed by atoms with van der Waals surface area (Å²) in [4.78, 5) is 25.4. The van der Waals surface area contributed by atoms with E-state index in [2.05, 4.69) is 15.8 Å². The number of phenolic OH excluding ortho intramolecular Hbond substituents is 1. The molecule has 0 bridgehead atoms. The van der Waals surface area contributed by atoms with Gasteiger partial charge in [-0.3, -0.25) is 10.1 Å². The molecule has 0 aliphatic carbocycles. The predicted molar refractivity (Wildman–Crippen MR) is 95.6 cm³/mol. The molecular weight excluding hydrogens is 338 g/mol. The molecule has 3 rings (SSSR count). The highest BCUT2D eigenvalue weighted by Gasteiger charge is 2.24. The summed E-state index contributed by atoms with van der Waals surface area (Å²) in [7, 11) is 3.17. The first-order chi connectivity index (χ1) is 12.5. The largest absolute Gasteiger partial charge is 0.504 e. The number of amides is 1. The lowest BCUT2D eigenvalue weighted by molar-refractivity contribution is -0.701. The maximum atomic E-state index is 12.1. The van der Waals surface area contributed by atoms with E-state index >= 15 is 0 Å². The molecule has 26 heavy (non-hydrogen) atoms. The van der Waals surface area contributed by atoms with E-state index in [1.807, 2.05) is 30.3 Å². The molecule has 0 aliphatic heterocycles. The molecule has 0 atom stereocenters. The molecule has 0 saturated carbocycles. The van der Waals surface area contributed by atoms with E-state index in [1.165, 1.54) is 11.0 Å². The summed E-state index contributed by atoms with van der Waals surface area (Å²) in [6.45, 7) is 0. The minimum atomic E-state index is -0.359. The van der Waals surface area contributed by atoms with Crippen LogP contribution in [0.25, 0.3) is 0 Å². The number of benzene rings is 2. The zero-order valence-electron chi connectivity index (χ0n) is 14.2. The highest BCUT2D eigenvalue weighted by molar-refractivity contribution is 5.98. The number of phenols is 1. The number of aromatic nitrogens is 2. The molecule has 3 aromatic rings. The van der Waals surface area contributed by atoms with Gasteiger partial charge in [0.15, 0.2) is 10.3 Å². The molecule has 0 aliphatic rings. The lowest BCUT2D eigenvalue weighted by Crippen LogP contribution is -2.22. The van der Waals surface area contributed by atoms with Crippen LogP contribution in [-0.2, 0) is 0 Å². The van der Waals surface area contributed by atoms with E-state index in [0.717, 1.165) is 5.69 Å². The normalized spacial score (nSPS) is 10.4. The average molecular weight is 356 g/mol. The van der Waals surface area contributed by atoms with E-state index in [1.54, 1.807) is 26.2 Å². The first kappa shape index (κ1) is 17.1. The van der Waals surface area contributed by atoms with E-state index in [9.17, 15) is 14.8 Å². The number of rotatable bonds is 5.